The van der Waals surface area contributed by atoms with Crippen molar-refractivity contribution in [2.24, 2.45) is 5.92 Å². The predicted octanol–water partition coefficient (Wildman–Crippen LogP) is 0.695. The first-order valence-electron chi connectivity index (χ1n) is 8.77. The standard InChI is InChI=1S/C18H26N2O5/c1-23-11-12-7-14(17-16(8-12)24-5-2-6-25-17)18(22)20-9-13-3-4-19-10-15(13)21/h7-8,13,15,19,21H,2-6,9-11H2,1H3,(H,20,22)/t13-,15?/m0/s1. The van der Waals surface area contributed by atoms with E-state index >= 15 is 0 Å². The van der Waals surface area contributed by atoms with Crippen molar-refractivity contribution in [3.8, 4) is 11.5 Å². The molecule has 1 saturated heterocycles. The molecule has 2 atom stereocenters. The smallest absolute Gasteiger partial charge is 0.255 e. The van der Waals surface area contributed by atoms with Gasteiger partial charge in [0, 0.05) is 32.5 Å². The van der Waals surface area contributed by atoms with Crippen molar-refractivity contribution in [2.75, 3.05) is 40.0 Å². The Morgan fingerprint density at radius 1 is 1.40 bits per heavy atom. The maximum atomic E-state index is 12.7. The maximum absolute atomic E-state index is 12.7. The van der Waals surface area contributed by atoms with Gasteiger partial charge in [-0.15, -0.1) is 0 Å². The second-order valence-electron chi connectivity index (χ2n) is 6.48. The number of hydrogen-bond acceptors (Lipinski definition) is 6. The third-order valence-corrected chi connectivity index (χ3v) is 4.58. The van der Waals surface area contributed by atoms with Crippen molar-refractivity contribution >= 4 is 5.91 Å². The lowest BCUT2D eigenvalue weighted by Gasteiger charge is -2.28. The van der Waals surface area contributed by atoms with Gasteiger partial charge in [-0.25, -0.2) is 0 Å². The molecule has 0 radical (unpaired) electrons. The molecule has 0 aliphatic carbocycles. The number of methoxy groups -OCH3 is 1. The van der Waals surface area contributed by atoms with E-state index in [0.717, 1.165) is 24.9 Å². The van der Waals surface area contributed by atoms with Gasteiger partial charge in [-0.3, -0.25) is 4.79 Å². The number of nitrogens with one attached hydrogen (secondary N) is 2. The molecule has 0 bridgehead atoms. The number of carbonyl (C=O) groups excluding carboxylic acids is 1. The molecule has 0 spiro atoms. The van der Waals surface area contributed by atoms with Gasteiger partial charge in [0.2, 0.25) is 0 Å². The van der Waals surface area contributed by atoms with Crippen molar-refractivity contribution < 1.29 is 24.1 Å². The molecule has 2 aliphatic heterocycles. The summed E-state index contributed by atoms with van der Waals surface area (Å²) >= 11 is 0. The summed E-state index contributed by atoms with van der Waals surface area (Å²) < 4.78 is 16.7. The van der Waals surface area contributed by atoms with Crippen molar-refractivity contribution in [2.45, 2.75) is 25.6 Å². The van der Waals surface area contributed by atoms with Gasteiger partial charge in [-0.2, -0.15) is 0 Å². The van der Waals surface area contributed by atoms with E-state index < -0.39 is 6.10 Å². The predicted molar refractivity (Wildman–Crippen MR) is 92.1 cm³/mol. The summed E-state index contributed by atoms with van der Waals surface area (Å²) in [6, 6.07) is 3.64. The van der Waals surface area contributed by atoms with Crippen molar-refractivity contribution in [1.29, 1.82) is 0 Å². The lowest BCUT2D eigenvalue weighted by atomic mass is 9.95. The minimum Gasteiger partial charge on any atom is -0.490 e. The minimum absolute atomic E-state index is 0.0585. The van der Waals surface area contributed by atoms with E-state index in [1.54, 1.807) is 13.2 Å². The Morgan fingerprint density at radius 2 is 2.24 bits per heavy atom. The summed E-state index contributed by atoms with van der Waals surface area (Å²) in [5.41, 5.74) is 1.31. The topological polar surface area (TPSA) is 89.1 Å². The second kappa shape index (κ2) is 8.51. The molecule has 3 N–H and O–H groups in total. The Balaban J connectivity index is 1.76. The third kappa shape index (κ3) is 4.42. The summed E-state index contributed by atoms with van der Waals surface area (Å²) in [6.07, 6.45) is 1.17. The fraction of sp³-hybridized carbons (Fsp3) is 0.611. The lowest BCUT2D eigenvalue weighted by Crippen LogP contribution is -2.45. The highest BCUT2D eigenvalue weighted by molar-refractivity contribution is 5.98. The lowest BCUT2D eigenvalue weighted by molar-refractivity contribution is 0.0751. The molecule has 2 aliphatic rings. The van der Waals surface area contributed by atoms with E-state index in [1.165, 1.54) is 0 Å². The molecule has 1 amide bonds. The number of piperidine rings is 1. The molecule has 3 rings (SSSR count). The molecule has 1 aromatic carbocycles. The van der Waals surface area contributed by atoms with Crippen molar-refractivity contribution in [1.82, 2.24) is 10.6 Å². The number of ether oxygens (including phenoxy) is 3. The zero-order chi connectivity index (χ0) is 17.6. The molecule has 1 unspecified atom stereocenters. The molecular weight excluding hydrogens is 324 g/mol. The van der Waals surface area contributed by atoms with E-state index in [2.05, 4.69) is 10.6 Å². The van der Waals surface area contributed by atoms with Gasteiger partial charge in [0.1, 0.15) is 0 Å². The van der Waals surface area contributed by atoms with Gasteiger partial charge in [0.15, 0.2) is 11.5 Å². The van der Waals surface area contributed by atoms with Crippen LogP contribution < -0.4 is 20.1 Å². The van der Waals surface area contributed by atoms with Gasteiger partial charge < -0.3 is 30.0 Å². The van der Waals surface area contributed by atoms with Crippen LogP contribution >= 0.6 is 0 Å². The van der Waals surface area contributed by atoms with Gasteiger partial charge in [-0.05, 0) is 30.7 Å². The number of aliphatic hydroxyl groups is 1. The maximum Gasteiger partial charge on any atom is 0.255 e. The van der Waals surface area contributed by atoms with E-state index in [0.29, 0.717) is 50.0 Å². The van der Waals surface area contributed by atoms with Crippen LogP contribution in [-0.4, -0.2) is 57.1 Å². The first-order valence-corrected chi connectivity index (χ1v) is 8.77. The summed E-state index contributed by atoms with van der Waals surface area (Å²) in [5.74, 6) is 0.911. The number of fused-ring (bicyclic) bond motifs is 1. The molecule has 7 heteroatoms. The Hall–Kier alpha value is -1.83. The van der Waals surface area contributed by atoms with Crippen LogP contribution in [0, 0.1) is 5.92 Å². The van der Waals surface area contributed by atoms with Gasteiger partial charge >= 0.3 is 0 Å². The van der Waals surface area contributed by atoms with Crippen LogP contribution in [0.5, 0.6) is 11.5 Å². The average molecular weight is 350 g/mol. The normalized spacial score (nSPS) is 23.0. The Labute approximate surface area is 147 Å². The summed E-state index contributed by atoms with van der Waals surface area (Å²) in [5, 5.41) is 16.1. The molecule has 0 aromatic heterocycles. The quantitative estimate of drug-likeness (QED) is 0.724. The second-order valence-corrected chi connectivity index (χ2v) is 6.48. The number of hydrogen-bond donors (Lipinski definition) is 3. The van der Waals surface area contributed by atoms with E-state index in [-0.39, 0.29) is 11.8 Å². The highest BCUT2D eigenvalue weighted by Crippen LogP contribution is 2.35. The number of amides is 1. The molecule has 1 fully saturated rings. The Morgan fingerprint density at radius 3 is 3.04 bits per heavy atom. The minimum atomic E-state index is -0.439. The monoisotopic (exact) mass is 350 g/mol. The molecule has 1 aromatic rings. The molecular formula is C18H26N2O5. The zero-order valence-corrected chi connectivity index (χ0v) is 14.5. The van der Waals surface area contributed by atoms with Gasteiger partial charge in [-0.1, -0.05) is 0 Å². The van der Waals surface area contributed by atoms with Crippen LogP contribution in [0.3, 0.4) is 0 Å². The van der Waals surface area contributed by atoms with E-state index in [9.17, 15) is 9.90 Å². The molecule has 25 heavy (non-hydrogen) atoms. The summed E-state index contributed by atoms with van der Waals surface area (Å²) in [4.78, 5) is 12.7. The fourth-order valence-electron chi connectivity index (χ4n) is 3.20. The SMILES string of the molecule is COCc1cc2c(c(C(=O)NC[C@@H]3CCNCC3O)c1)OCCCO2. The Kier molecular flexibility index (Phi) is 6.12. The molecule has 2 heterocycles. The van der Waals surface area contributed by atoms with Crippen molar-refractivity contribution in [3.63, 3.8) is 0 Å². The highest BCUT2D eigenvalue weighted by Gasteiger charge is 2.25. The number of benzene rings is 1. The van der Waals surface area contributed by atoms with Crippen LogP contribution in [0.1, 0.15) is 28.8 Å². The highest BCUT2D eigenvalue weighted by atomic mass is 16.5. The molecule has 0 saturated carbocycles. The fourth-order valence-corrected chi connectivity index (χ4v) is 3.20. The third-order valence-electron chi connectivity index (χ3n) is 4.58. The summed E-state index contributed by atoms with van der Waals surface area (Å²) in [7, 11) is 1.61. The number of aliphatic hydroxyl groups excluding tert-OH is 1. The van der Waals surface area contributed by atoms with Crippen LogP contribution in [0.2, 0.25) is 0 Å². The number of carbonyl (C=O) groups is 1. The van der Waals surface area contributed by atoms with Crippen LogP contribution in [0.15, 0.2) is 12.1 Å². The molecule has 7 nitrogen and oxygen atoms in total. The first-order chi connectivity index (χ1) is 12.2. The van der Waals surface area contributed by atoms with E-state index in [1.807, 2.05) is 6.07 Å². The zero-order valence-electron chi connectivity index (χ0n) is 14.5. The Bertz CT molecular complexity index is 607. The number of β-amino-alcohol motifs (C(OH)–C–C–N with tert-alkyl or cyclic N) is 1. The van der Waals surface area contributed by atoms with E-state index in [4.69, 9.17) is 14.2 Å². The number of rotatable bonds is 5. The first kappa shape index (κ1) is 18.0. The van der Waals surface area contributed by atoms with Gasteiger partial charge in [0.25, 0.3) is 5.91 Å². The van der Waals surface area contributed by atoms with Crippen LogP contribution in [-0.2, 0) is 11.3 Å². The average Bonchev–Trinajstić information content (AvgIpc) is 2.86. The van der Waals surface area contributed by atoms with Crippen molar-refractivity contribution in [3.05, 3.63) is 23.3 Å². The van der Waals surface area contributed by atoms with Crippen LogP contribution in [0.4, 0.5) is 0 Å². The molecule has 138 valence electrons. The largest absolute Gasteiger partial charge is 0.490 e. The van der Waals surface area contributed by atoms with Crippen LogP contribution in [0.25, 0.3) is 0 Å². The summed E-state index contributed by atoms with van der Waals surface area (Å²) in [6.45, 7) is 3.33. The van der Waals surface area contributed by atoms with Gasteiger partial charge in [0.05, 0.1) is 31.5 Å².